The van der Waals surface area contributed by atoms with Gasteiger partial charge in [-0.25, -0.2) is 4.79 Å². The van der Waals surface area contributed by atoms with Gasteiger partial charge >= 0.3 is 5.97 Å². The molecule has 23 nitrogen and oxygen atoms in total. The minimum absolute atomic E-state index is 0.0118. The molecule has 7 fully saturated rings. The quantitative estimate of drug-likeness (QED) is 0.0869. The fraction of sp³-hybridized carbons (Fsp3) is 0.873. The summed E-state index contributed by atoms with van der Waals surface area (Å²) in [5.41, 5.74) is -1.89. The molecule has 10 N–H and O–H groups in total. The molecule has 0 aromatic heterocycles. The molecule has 0 bridgehead atoms. The first kappa shape index (κ1) is 73.4. The van der Waals surface area contributed by atoms with E-state index >= 15 is 0 Å². The Balaban J connectivity index is 0.000000455. The molecule has 0 amide bonds. The molecular weight excluding hydrogens is 1030 g/mol. The number of methoxy groups -OCH3 is 7. The second-order valence-electron chi connectivity index (χ2n) is 21.5. The number of carbonyl (C=O) groups is 1. The lowest BCUT2D eigenvalue weighted by molar-refractivity contribution is -0.156. The van der Waals surface area contributed by atoms with E-state index in [1.807, 2.05) is 48.5 Å². The van der Waals surface area contributed by atoms with Crippen LogP contribution in [-0.2, 0) is 61.6 Å². The second kappa shape index (κ2) is 36.1. The van der Waals surface area contributed by atoms with Crippen LogP contribution in [0.5, 0.6) is 0 Å². The van der Waals surface area contributed by atoms with Gasteiger partial charge in [-0.15, -0.1) is 0 Å². The van der Waals surface area contributed by atoms with E-state index < -0.39 is 66.0 Å². The van der Waals surface area contributed by atoms with Gasteiger partial charge in [-0.1, -0.05) is 33.6 Å². The van der Waals surface area contributed by atoms with Crippen LogP contribution < -0.4 is 0 Å². The maximum absolute atomic E-state index is 10.9. The minimum atomic E-state index is -0.992. The topological polar surface area (TPSA) is 330 Å². The van der Waals surface area contributed by atoms with E-state index in [4.69, 9.17) is 57.2 Å². The maximum atomic E-state index is 10.9. The highest BCUT2D eigenvalue weighted by molar-refractivity contribution is 5.75. The summed E-state index contributed by atoms with van der Waals surface area (Å²) in [6.45, 7) is 25.0. The monoisotopic (exact) mass is 1130 g/mol. The largest absolute Gasteiger partial charge is 0.499 e. The highest BCUT2D eigenvalue weighted by atomic mass is 16.6. The average Bonchev–Trinajstić information content (AvgIpc) is 4.25. The Morgan fingerprint density at radius 3 is 1.14 bits per heavy atom. The summed E-state index contributed by atoms with van der Waals surface area (Å²) in [6.07, 6.45) is -0.643. The van der Waals surface area contributed by atoms with Crippen LogP contribution in [0.3, 0.4) is 0 Å². The van der Waals surface area contributed by atoms with Gasteiger partial charge < -0.3 is 108 Å². The van der Waals surface area contributed by atoms with Gasteiger partial charge in [0.05, 0.1) is 134 Å². The molecule has 460 valence electrons. The zero-order chi connectivity index (χ0) is 59.8. The lowest BCUT2D eigenvalue weighted by Crippen LogP contribution is -2.47. The summed E-state index contributed by atoms with van der Waals surface area (Å²) in [6, 6.07) is 0. The molecule has 5 heterocycles. The van der Waals surface area contributed by atoms with Crippen LogP contribution in [0.15, 0.2) is 37.0 Å². The molecule has 2 saturated carbocycles. The smallest absolute Gasteiger partial charge is 0.337 e. The first-order valence-electron chi connectivity index (χ1n) is 26.8. The van der Waals surface area contributed by atoms with Crippen LogP contribution in [0.1, 0.15) is 99.8 Å². The lowest BCUT2D eigenvalue weighted by atomic mass is 9.98. The van der Waals surface area contributed by atoms with Crippen molar-refractivity contribution in [2.75, 3.05) is 76.2 Å². The first-order chi connectivity index (χ1) is 36.5. The molecular formula is C55H102O23. The zero-order valence-electron chi connectivity index (χ0n) is 48.9. The third kappa shape index (κ3) is 23.0. The number of ether oxygens (including phenoxy) is 12. The highest BCUT2D eigenvalue weighted by Gasteiger charge is 2.47. The Bertz CT molecular complexity index is 1570. The van der Waals surface area contributed by atoms with Gasteiger partial charge in [0.1, 0.15) is 46.8 Å². The number of hydrogen-bond donors (Lipinski definition) is 10. The van der Waals surface area contributed by atoms with E-state index in [-0.39, 0.29) is 86.6 Å². The number of esters is 1. The molecule has 5 saturated heterocycles. The van der Waals surface area contributed by atoms with Crippen LogP contribution in [-0.4, -0.2) is 248 Å². The van der Waals surface area contributed by atoms with Crippen molar-refractivity contribution in [3.8, 4) is 0 Å². The summed E-state index contributed by atoms with van der Waals surface area (Å²) >= 11 is 0. The van der Waals surface area contributed by atoms with Crippen LogP contribution in [0.25, 0.3) is 0 Å². The number of aliphatic hydroxyl groups excluding tert-OH is 9. The number of aliphatic hydroxyl groups is 10. The van der Waals surface area contributed by atoms with E-state index in [1.165, 1.54) is 42.7 Å². The van der Waals surface area contributed by atoms with Crippen LogP contribution in [0, 0.1) is 17.8 Å². The highest BCUT2D eigenvalue weighted by Crippen LogP contribution is 2.35. The van der Waals surface area contributed by atoms with Crippen LogP contribution >= 0.6 is 0 Å². The van der Waals surface area contributed by atoms with Gasteiger partial charge in [-0.3, -0.25) is 0 Å². The summed E-state index contributed by atoms with van der Waals surface area (Å²) in [5.74, 6) is 1.51. The summed E-state index contributed by atoms with van der Waals surface area (Å²) < 4.78 is 60.3. The van der Waals surface area contributed by atoms with Gasteiger partial charge in [-0.05, 0) is 65.7 Å². The Morgan fingerprint density at radius 2 is 0.897 bits per heavy atom. The van der Waals surface area contributed by atoms with Crippen molar-refractivity contribution < 1.29 is 113 Å². The molecule has 22 atom stereocenters. The molecule has 0 radical (unpaired) electrons. The van der Waals surface area contributed by atoms with Crippen molar-refractivity contribution in [3.05, 3.63) is 37.0 Å². The van der Waals surface area contributed by atoms with Crippen molar-refractivity contribution in [1.82, 2.24) is 0 Å². The Kier molecular flexibility index (Phi) is 33.9. The normalized spacial score (nSPS) is 40.1. The van der Waals surface area contributed by atoms with E-state index in [2.05, 4.69) is 24.5 Å². The van der Waals surface area contributed by atoms with Crippen LogP contribution in [0.4, 0.5) is 0 Å². The van der Waals surface area contributed by atoms with Gasteiger partial charge in [0.2, 0.25) is 0 Å². The van der Waals surface area contributed by atoms with Crippen molar-refractivity contribution in [1.29, 1.82) is 0 Å². The molecule has 7 aliphatic rings. The molecule has 7 rings (SSSR count). The predicted octanol–water partition coefficient (Wildman–Crippen LogP) is 1.45. The Hall–Kier alpha value is -2.63. The number of carbonyl (C=O) groups excluding carboxylic acids is 1. The lowest BCUT2D eigenvalue weighted by Gasteiger charge is -2.28. The third-order valence-electron chi connectivity index (χ3n) is 14.5. The predicted molar refractivity (Wildman–Crippen MR) is 286 cm³/mol. The van der Waals surface area contributed by atoms with E-state index in [0.29, 0.717) is 81.2 Å². The van der Waals surface area contributed by atoms with Gasteiger partial charge in [0, 0.05) is 59.4 Å². The van der Waals surface area contributed by atoms with Gasteiger partial charge in [-0.2, -0.15) is 0 Å². The van der Waals surface area contributed by atoms with Crippen molar-refractivity contribution >= 4 is 5.97 Å². The van der Waals surface area contributed by atoms with Crippen LogP contribution in [0.2, 0.25) is 0 Å². The minimum Gasteiger partial charge on any atom is -0.499 e. The molecule has 0 spiro atoms. The van der Waals surface area contributed by atoms with E-state index in [9.17, 15) is 50.8 Å². The first-order valence-corrected chi connectivity index (χ1v) is 26.8. The van der Waals surface area contributed by atoms with Crippen molar-refractivity contribution in [2.24, 2.45) is 17.8 Å². The third-order valence-corrected chi connectivity index (χ3v) is 14.5. The summed E-state index contributed by atoms with van der Waals surface area (Å²) in [7, 11) is 10.5. The number of hydrogen-bond acceptors (Lipinski definition) is 23. The Labute approximate surface area is 463 Å². The van der Waals surface area contributed by atoms with E-state index in [0.717, 1.165) is 0 Å². The summed E-state index contributed by atoms with van der Waals surface area (Å²) in [4.78, 5) is 10.9. The molecule has 2 aliphatic carbocycles. The van der Waals surface area contributed by atoms with Crippen molar-refractivity contribution in [3.63, 3.8) is 0 Å². The molecule has 5 aliphatic heterocycles. The van der Waals surface area contributed by atoms with Gasteiger partial charge in [0.25, 0.3) is 0 Å². The number of rotatable bonds is 14. The van der Waals surface area contributed by atoms with E-state index in [1.54, 1.807) is 7.11 Å². The molecule has 78 heavy (non-hydrogen) atoms. The molecule has 8 unspecified atom stereocenters. The fourth-order valence-electron chi connectivity index (χ4n) is 10.2. The standard InChI is InChI=1S/C8H16O4.C8H16O3.3C8H14O3.C8H16O3.C7H12O4/c1-6-3-7(10)8(4-9,12-6)5-11-2;1-6-3-7(9)8(10,4-6)5-11-2;3*1-5-4-7(9)8(11-5)6(2)10-3;1-5-3-7(9)6(4-11-2)8(5)10;1-4-3-5(8)6(11-4)7(9)10-2/h6-7,9-10H,3-5H2,1-2H3;6-7,9-10H,3-5H2,1-2H3;3*5,7-9H,2,4H2,1,3H3;5-10H,3-4H2,1-2H3;4-6,8H,3H2,1-2H3/t6-,7?,8+;6-,7?,8-;3*5-,7?,8+;5-,6+,7?,8?;4-,5?,6-/m0000000/s1. The zero-order valence-corrected chi connectivity index (χ0v) is 48.9. The molecule has 0 aromatic rings. The van der Waals surface area contributed by atoms with Gasteiger partial charge in [0.15, 0.2) is 6.10 Å². The Morgan fingerprint density at radius 1 is 0.500 bits per heavy atom. The summed E-state index contributed by atoms with van der Waals surface area (Å²) in [5, 5.41) is 94.2. The SMILES string of the molecule is C=C(OC)[C@H]1O[C@@H](C)CC1O.C=C(OC)[C@H]1O[C@@H](C)CC1O.C=C(OC)[C@H]1O[C@@H](C)CC1O.COC(=O)[C@H]1O[C@@H](C)CC1O.COC[C@@H]1C(O)C[C@H](C)C1O.COC[C@@]1(CO)O[C@@H](C)CC1O.COC[C@@]1(O)C[C@@H](C)CC1O. The second-order valence-corrected chi connectivity index (χ2v) is 21.5. The molecule has 23 heteroatoms. The van der Waals surface area contributed by atoms with Crippen molar-refractivity contribution in [2.45, 2.75) is 215 Å². The maximum Gasteiger partial charge on any atom is 0.337 e. The average molecular weight is 1130 g/mol. The fourth-order valence-corrected chi connectivity index (χ4v) is 10.2. The molecule has 0 aromatic carbocycles.